The number of nitrogens with one attached hydrogen (secondary N) is 1. The molecule has 0 aliphatic heterocycles. The lowest BCUT2D eigenvalue weighted by atomic mass is 9.64. The third-order valence-electron chi connectivity index (χ3n) is 4.58. The van der Waals surface area contributed by atoms with Crippen LogP contribution in [0.2, 0.25) is 0 Å². The standard InChI is InChI=1S/C17H31N3O2/c1-14-10-16(2,3)12-17(11-14,13-21)19-8-6-15(22)20(4)9-5-7-18/h14,19,21H,5-6,8-13H2,1-4H3. The van der Waals surface area contributed by atoms with Crippen molar-refractivity contribution in [2.24, 2.45) is 11.3 Å². The van der Waals surface area contributed by atoms with Crippen LogP contribution in [0.1, 0.15) is 52.9 Å². The van der Waals surface area contributed by atoms with Gasteiger partial charge in [-0.15, -0.1) is 0 Å². The second-order valence-electron chi connectivity index (χ2n) is 7.69. The van der Waals surface area contributed by atoms with Crippen molar-refractivity contribution in [2.75, 3.05) is 26.7 Å². The van der Waals surface area contributed by atoms with Gasteiger partial charge in [-0.1, -0.05) is 20.8 Å². The first-order valence-electron chi connectivity index (χ1n) is 8.20. The first-order valence-corrected chi connectivity index (χ1v) is 8.20. The van der Waals surface area contributed by atoms with Crippen LogP contribution in [0.3, 0.4) is 0 Å². The van der Waals surface area contributed by atoms with E-state index in [2.05, 4.69) is 26.1 Å². The Kier molecular flexibility index (Phi) is 6.83. The van der Waals surface area contributed by atoms with Crippen LogP contribution in [-0.4, -0.2) is 48.2 Å². The van der Waals surface area contributed by atoms with Crippen molar-refractivity contribution in [1.29, 1.82) is 5.26 Å². The summed E-state index contributed by atoms with van der Waals surface area (Å²) in [6.45, 7) is 7.88. The van der Waals surface area contributed by atoms with Gasteiger partial charge in [0.1, 0.15) is 0 Å². The van der Waals surface area contributed by atoms with Crippen molar-refractivity contribution in [3.8, 4) is 6.07 Å². The number of hydrogen-bond acceptors (Lipinski definition) is 4. The Labute approximate surface area is 134 Å². The van der Waals surface area contributed by atoms with Gasteiger partial charge in [-0.25, -0.2) is 0 Å². The molecule has 0 aromatic carbocycles. The predicted octanol–water partition coefficient (Wildman–Crippen LogP) is 1.92. The number of aliphatic hydroxyl groups excluding tert-OH is 1. The van der Waals surface area contributed by atoms with E-state index in [0.717, 1.165) is 12.8 Å². The number of hydrogen-bond donors (Lipinski definition) is 2. The van der Waals surface area contributed by atoms with Gasteiger partial charge in [0.2, 0.25) is 5.91 Å². The van der Waals surface area contributed by atoms with Gasteiger partial charge in [-0.3, -0.25) is 4.79 Å². The molecule has 2 atom stereocenters. The molecule has 1 rings (SSSR count). The summed E-state index contributed by atoms with van der Waals surface area (Å²) < 4.78 is 0. The SMILES string of the molecule is CC1CC(C)(C)CC(CO)(NCCC(=O)N(C)CCC#N)C1. The number of rotatable bonds is 7. The van der Waals surface area contributed by atoms with Crippen LogP contribution in [0.4, 0.5) is 0 Å². The highest BCUT2D eigenvalue weighted by Gasteiger charge is 2.42. The Morgan fingerprint density at radius 1 is 1.45 bits per heavy atom. The first-order chi connectivity index (χ1) is 10.2. The minimum absolute atomic E-state index is 0.0407. The first kappa shape index (κ1) is 18.9. The fourth-order valence-corrected chi connectivity index (χ4v) is 4.02. The Morgan fingerprint density at radius 3 is 2.68 bits per heavy atom. The van der Waals surface area contributed by atoms with E-state index in [4.69, 9.17) is 5.26 Å². The van der Waals surface area contributed by atoms with E-state index in [1.807, 2.05) is 6.07 Å². The van der Waals surface area contributed by atoms with Gasteiger partial charge in [0.15, 0.2) is 0 Å². The molecule has 0 aromatic rings. The normalized spacial score (nSPS) is 27.2. The molecule has 1 amide bonds. The molecule has 2 unspecified atom stereocenters. The van der Waals surface area contributed by atoms with E-state index in [9.17, 15) is 9.90 Å². The molecule has 0 bridgehead atoms. The highest BCUT2D eigenvalue weighted by molar-refractivity contribution is 5.76. The van der Waals surface area contributed by atoms with Gasteiger partial charge in [-0.05, 0) is 30.6 Å². The van der Waals surface area contributed by atoms with Crippen LogP contribution in [0.15, 0.2) is 0 Å². The summed E-state index contributed by atoms with van der Waals surface area (Å²) in [5.74, 6) is 0.608. The van der Waals surface area contributed by atoms with Gasteiger partial charge in [0.05, 0.1) is 19.1 Å². The maximum atomic E-state index is 12.0. The lowest BCUT2D eigenvalue weighted by molar-refractivity contribution is -0.129. The number of aliphatic hydroxyl groups is 1. The summed E-state index contributed by atoms with van der Waals surface area (Å²) in [6.07, 6.45) is 3.82. The number of amides is 1. The van der Waals surface area contributed by atoms with E-state index in [0.29, 0.717) is 31.8 Å². The van der Waals surface area contributed by atoms with Crippen LogP contribution in [0, 0.1) is 22.7 Å². The molecule has 1 saturated carbocycles. The Morgan fingerprint density at radius 2 is 2.14 bits per heavy atom. The molecule has 126 valence electrons. The fraction of sp³-hybridized carbons (Fsp3) is 0.882. The van der Waals surface area contributed by atoms with Crippen LogP contribution >= 0.6 is 0 Å². The molecule has 0 heterocycles. The average Bonchev–Trinajstić information content (AvgIpc) is 2.42. The topological polar surface area (TPSA) is 76.4 Å². The summed E-state index contributed by atoms with van der Waals surface area (Å²) in [4.78, 5) is 13.6. The summed E-state index contributed by atoms with van der Waals surface area (Å²) >= 11 is 0. The lowest BCUT2D eigenvalue weighted by Crippen LogP contribution is -2.55. The second-order valence-corrected chi connectivity index (χ2v) is 7.69. The minimum atomic E-state index is -0.271. The van der Waals surface area contributed by atoms with Gasteiger partial charge >= 0.3 is 0 Å². The smallest absolute Gasteiger partial charge is 0.223 e. The quantitative estimate of drug-likeness (QED) is 0.753. The monoisotopic (exact) mass is 309 g/mol. The maximum Gasteiger partial charge on any atom is 0.223 e. The molecule has 0 spiro atoms. The van der Waals surface area contributed by atoms with Crippen LogP contribution in [0.25, 0.3) is 0 Å². The summed E-state index contributed by atoms with van der Waals surface area (Å²) in [5.41, 5.74) is -0.0618. The highest BCUT2D eigenvalue weighted by atomic mass is 16.3. The van der Waals surface area contributed by atoms with Crippen molar-refractivity contribution in [1.82, 2.24) is 10.2 Å². The third-order valence-corrected chi connectivity index (χ3v) is 4.58. The highest BCUT2D eigenvalue weighted by Crippen LogP contribution is 2.43. The van der Waals surface area contributed by atoms with Crippen molar-refractivity contribution < 1.29 is 9.90 Å². The lowest BCUT2D eigenvalue weighted by Gasteiger charge is -2.47. The summed E-state index contributed by atoms with van der Waals surface area (Å²) in [5, 5.41) is 21.9. The second kappa shape index (κ2) is 7.94. The van der Waals surface area contributed by atoms with Crippen LogP contribution in [0.5, 0.6) is 0 Å². The molecule has 0 aromatic heterocycles. The molecular formula is C17H31N3O2. The molecule has 5 heteroatoms. The Balaban J connectivity index is 2.50. The fourth-order valence-electron chi connectivity index (χ4n) is 4.02. The van der Waals surface area contributed by atoms with Gasteiger partial charge in [0.25, 0.3) is 0 Å². The van der Waals surface area contributed by atoms with E-state index in [1.54, 1.807) is 11.9 Å². The number of nitrogens with zero attached hydrogens (tertiary/aromatic N) is 2. The van der Waals surface area contributed by atoms with Crippen molar-refractivity contribution in [3.63, 3.8) is 0 Å². The zero-order valence-corrected chi connectivity index (χ0v) is 14.5. The molecular weight excluding hydrogens is 278 g/mol. The van der Waals surface area contributed by atoms with Gasteiger partial charge in [0, 0.05) is 32.1 Å². The van der Waals surface area contributed by atoms with Gasteiger partial charge in [-0.2, -0.15) is 5.26 Å². The largest absolute Gasteiger partial charge is 0.394 e. The Hall–Kier alpha value is -1.12. The number of nitriles is 1. The number of carbonyl (C=O) groups is 1. The van der Waals surface area contributed by atoms with E-state index in [1.165, 1.54) is 6.42 Å². The van der Waals surface area contributed by atoms with Crippen LogP contribution in [-0.2, 0) is 4.79 Å². The minimum Gasteiger partial charge on any atom is -0.394 e. The van der Waals surface area contributed by atoms with Crippen molar-refractivity contribution >= 4 is 5.91 Å². The molecule has 2 N–H and O–H groups in total. The van der Waals surface area contributed by atoms with Crippen molar-refractivity contribution in [2.45, 2.75) is 58.4 Å². The zero-order chi connectivity index (χ0) is 16.8. The van der Waals surface area contributed by atoms with E-state index in [-0.39, 0.29) is 23.5 Å². The van der Waals surface area contributed by atoms with E-state index < -0.39 is 0 Å². The number of carbonyl (C=O) groups excluding carboxylic acids is 1. The Bertz CT molecular complexity index is 417. The van der Waals surface area contributed by atoms with Crippen molar-refractivity contribution in [3.05, 3.63) is 0 Å². The molecule has 0 saturated heterocycles. The molecule has 1 fully saturated rings. The van der Waals surface area contributed by atoms with E-state index >= 15 is 0 Å². The summed E-state index contributed by atoms with van der Waals surface area (Å²) in [7, 11) is 1.73. The average molecular weight is 309 g/mol. The molecule has 0 radical (unpaired) electrons. The molecule has 1 aliphatic rings. The van der Waals surface area contributed by atoms with Crippen LogP contribution < -0.4 is 5.32 Å². The summed E-state index contributed by atoms with van der Waals surface area (Å²) in [6, 6.07) is 2.05. The molecule has 22 heavy (non-hydrogen) atoms. The van der Waals surface area contributed by atoms with Gasteiger partial charge < -0.3 is 15.3 Å². The third kappa shape index (κ3) is 5.58. The predicted molar refractivity (Wildman–Crippen MR) is 87.1 cm³/mol. The zero-order valence-electron chi connectivity index (χ0n) is 14.5. The molecule has 1 aliphatic carbocycles. The maximum absolute atomic E-state index is 12.0. The molecule has 5 nitrogen and oxygen atoms in total.